The molecule has 104 valence electrons. The lowest BCUT2D eigenvalue weighted by Crippen LogP contribution is -2.15. The van der Waals surface area contributed by atoms with Crippen LogP contribution in [0.15, 0.2) is 51.9 Å². The predicted molar refractivity (Wildman–Crippen MR) is 79.6 cm³/mol. The predicted octanol–water partition coefficient (Wildman–Crippen LogP) is 3.04. The highest BCUT2D eigenvalue weighted by Gasteiger charge is 2.16. The maximum Gasteiger partial charge on any atom is 0.347 e. The van der Waals surface area contributed by atoms with Crippen molar-refractivity contribution in [2.45, 2.75) is 13.8 Å². The lowest BCUT2D eigenvalue weighted by Gasteiger charge is -2.05. The molecule has 0 radical (unpaired) electrons. The quantitative estimate of drug-likeness (QED) is 0.534. The molecule has 0 bridgehead atoms. The Bertz CT molecular complexity index is 895. The molecule has 0 aliphatic heterocycles. The van der Waals surface area contributed by atoms with E-state index in [1.807, 2.05) is 19.9 Å². The van der Waals surface area contributed by atoms with E-state index in [2.05, 4.69) is 4.98 Å². The first-order valence-electron chi connectivity index (χ1n) is 6.56. The van der Waals surface area contributed by atoms with Crippen molar-refractivity contribution >= 4 is 16.8 Å². The van der Waals surface area contributed by atoms with E-state index in [1.54, 1.807) is 24.3 Å². The normalized spacial score (nSPS) is 10.8. The van der Waals surface area contributed by atoms with Crippen molar-refractivity contribution in [3.63, 3.8) is 0 Å². The van der Waals surface area contributed by atoms with Crippen molar-refractivity contribution < 1.29 is 9.21 Å². The lowest BCUT2D eigenvalue weighted by molar-refractivity contribution is 0.103. The van der Waals surface area contributed by atoms with Crippen molar-refractivity contribution in [2.75, 3.05) is 0 Å². The number of pyridine rings is 1. The van der Waals surface area contributed by atoms with Crippen LogP contribution in [0, 0.1) is 13.8 Å². The minimum absolute atomic E-state index is 0.0423. The van der Waals surface area contributed by atoms with Gasteiger partial charge < -0.3 is 4.42 Å². The second-order valence-corrected chi connectivity index (χ2v) is 5.01. The summed E-state index contributed by atoms with van der Waals surface area (Å²) in [7, 11) is 0. The van der Waals surface area contributed by atoms with E-state index in [9.17, 15) is 9.59 Å². The largest absolute Gasteiger partial charge is 0.422 e. The summed E-state index contributed by atoms with van der Waals surface area (Å²) < 4.78 is 5.31. The Balaban J connectivity index is 2.22. The number of nitrogens with zero attached hydrogens (tertiary/aromatic N) is 1. The summed E-state index contributed by atoms with van der Waals surface area (Å²) in [5.74, 6) is -0.354. The number of carbonyl (C=O) groups excluding carboxylic acids is 1. The zero-order valence-corrected chi connectivity index (χ0v) is 11.7. The molecule has 0 amide bonds. The van der Waals surface area contributed by atoms with Crippen LogP contribution in [-0.2, 0) is 0 Å². The van der Waals surface area contributed by atoms with Crippen molar-refractivity contribution in [1.29, 1.82) is 0 Å². The van der Waals surface area contributed by atoms with Crippen LogP contribution in [0.2, 0.25) is 0 Å². The lowest BCUT2D eigenvalue weighted by atomic mass is 10.0. The third kappa shape index (κ3) is 2.36. The van der Waals surface area contributed by atoms with Crippen molar-refractivity contribution in [1.82, 2.24) is 4.98 Å². The number of hydrogen-bond acceptors (Lipinski definition) is 4. The number of hydrogen-bond donors (Lipinski definition) is 0. The van der Waals surface area contributed by atoms with Gasteiger partial charge in [-0.3, -0.25) is 9.78 Å². The zero-order chi connectivity index (χ0) is 15.0. The van der Waals surface area contributed by atoms with Crippen LogP contribution in [0.4, 0.5) is 0 Å². The van der Waals surface area contributed by atoms with Crippen LogP contribution < -0.4 is 5.63 Å². The summed E-state index contributed by atoms with van der Waals surface area (Å²) in [5, 5.41) is 0.776. The summed E-state index contributed by atoms with van der Waals surface area (Å²) in [6, 6.07) is 8.55. The molecule has 4 heteroatoms. The Morgan fingerprint density at radius 3 is 2.52 bits per heavy atom. The first-order valence-corrected chi connectivity index (χ1v) is 6.56. The van der Waals surface area contributed by atoms with Gasteiger partial charge in [0.2, 0.25) is 0 Å². The average Bonchev–Trinajstić information content (AvgIpc) is 2.46. The van der Waals surface area contributed by atoms with Gasteiger partial charge in [-0.05, 0) is 49.2 Å². The Labute approximate surface area is 121 Å². The summed E-state index contributed by atoms with van der Waals surface area (Å²) >= 11 is 0. The minimum Gasteiger partial charge on any atom is -0.422 e. The zero-order valence-electron chi connectivity index (χ0n) is 11.7. The summed E-state index contributed by atoms with van der Waals surface area (Å²) in [6.45, 7) is 3.86. The Kier molecular flexibility index (Phi) is 3.14. The summed E-state index contributed by atoms with van der Waals surface area (Å²) in [4.78, 5) is 28.3. The van der Waals surface area contributed by atoms with E-state index < -0.39 is 5.63 Å². The Morgan fingerprint density at radius 2 is 1.81 bits per heavy atom. The molecule has 0 saturated heterocycles. The van der Waals surface area contributed by atoms with Gasteiger partial charge in [-0.1, -0.05) is 6.07 Å². The van der Waals surface area contributed by atoms with Gasteiger partial charge in [-0.25, -0.2) is 4.79 Å². The smallest absolute Gasteiger partial charge is 0.347 e. The number of fused-ring (bicyclic) bond motifs is 1. The molecule has 0 N–H and O–H groups in total. The fourth-order valence-electron chi connectivity index (χ4n) is 2.38. The molecule has 0 aliphatic carbocycles. The van der Waals surface area contributed by atoms with Gasteiger partial charge in [0.25, 0.3) is 0 Å². The fourth-order valence-corrected chi connectivity index (χ4v) is 2.38. The fraction of sp³-hybridized carbons (Fsp3) is 0.118. The molecule has 0 unspecified atom stereocenters. The van der Waals surface area contributed by atoms with Gasteiger partial charge >= 0.3 is 5.63 Å². The van der Waals surface area contributed by atoms with Crippen LogP contribution in [0.5, 0.6) is 0 Å². The van der Waals surface area contributed by atoms with Gasteiger partial charge in [-0.2, -0.15) is 0 Å². The molecule has 4 nitrogen and oxygen atoms in total. The SMILES string of the molecule is Cc1cc(C)c2cc(C(=O)c3ccncc3)c(=O)oc2c1. The number of carbonyl (C=O) groups is 1. The highest BCUT2D eigenvalue weighted by molar-refractivity contribution is 6.09. The van der Waals surface area contributed by atoms with Crippen molar-refractivity contribution in [3.05, 3.63) is 75.4 Å². The molecule has 3 rings (SSSR count). The van der Waals surface area contributed by atoms with Crippen LogP contribution >= 0.6 is 0 Å². The molecule has 1 aromatic carbocycles. The van der Waals surface area contributed by atoms with Crippen LogP contribution in [0.1, 0.15) is 27.0 Å². The summed E-state index contributed by atoms with van der Waals surface area (Å²) in [5.41, 5.74) is 2.33. The molecular formula is C17H13NO3. The summed E-state index contributed by atoms with van der Waals surface area (Å²) in [6.07, 6.45) is 3.04. The molecule has 3 aromatic rings. The average molecular weight is 279 g/mol. The van der Waals surface area contributed by atoms with Gasteiger partial charge in [0.15, 0.2) is 5.78 Å². The molecule has 21 heavy (non-hydrogen) atoms. The molecule has 0 spiro atoms. The number of ketones is 1. The van der Waals surface area contributed by atoms with E-state index in [0.29, 0.717) is 11.1 Å². The maximum atomic E-state index is 12.4. The van der Waals surface area contributed by atoms with E-state index in [1.165, 1.54) is 12.4 Å². The third-order valence-electron chi connectivity index (χ3n) is 3.39. The van der Waals surface area contributed by atoms with Crippen molar-refractivity contribution in [2.24, 2.45) is 0 Å². The first-order chi connectivity index (χ1) is 10.1. The monoisotopic (exact) mass is 279 g/mol. The van der Waals surface area contributed by atoms with Gasteiger partial charge in [-0.15, -0.1) is 0 Å². The molecule has 2 heterocycles. The van der Waals surface area contributed by atoms with E-state index in [-0.39, 0.29) is 11.3 Å². The molecule has 0 fully saturated rings. The molecular weight excluding hydrogens is 266 g/mol. The molecule has 0 aliphatic rings. The van der Waals surface area contributed by atoms with Crippen molar-refractivity contribution in [3.8, 4) is 0 Å². The number of benzene rings is 1. The second kappa shape index (κ2) is 4.98. The number of rotatable bonds is 2. The first kappa shape index (κ1) is 13.2. The van der Waals surface area contributed by atoms with Gasteiger partial charge in [0, 0.05) is 23.3 Å². The van der Waals surface area contributed by atoms with Crippen LogP contribution in [0.3, 0.4) is 0 Å². The Morgan fingerprint density at radius 1 is 1.10 bits per heavy atom. The van der Waals surface area contributed by atoms with Crippen LogP contribution in [-0.4, -0.2) is 10.8 Å². The minimum atomic E-state index is -0.616. The number of aryl methyl sites for hydroxylation is 2. The van der Waals surface area contributed by atoms with E-state index in [4.69, 9.17) is 4.42 Å². The topological polar surface area (TPSA) is 60.2 Å². The number of aromatic nitrogens is 1. The highest BCUT2D eigenvalue weighted by Crippen LogP contribution is 2.21. The Hall–Kier alpha value is -2.75. The van der Waals surface area contributed by atoms with Crippen LogP contribution in [0.25, 0.3) is 11.0 Å². The van der Waals surface area contributed by atoms with E-state index in [0.717, 1.165) is 16.5 Å². The van der Waals surface area contributed by atoms with Gasteiger partial charge in [0.1, 0.15) is 11.1 Å². The van der Waals surface area contributed by atoms with Gasteiger partial charge in [0.05, 0.1) is 0 Å². The molecule has 2 aromatic heterocycles. The molecule has 0 atom stereocenters. The molecule has 0 saturated carbocycles. The maximum absolute atomic E-state index is 12.4. The second-order valence-electron chi connectivity index (χ2n) is 5.01. The standard InChI is InChI=1S/C17H13NO3/c1-10-7-11(2)13-9-14(17(20)21-15(13)8-10)16(19)12-3-5-18-6-4-12/h3-9H,1-2H3. The van der Waals surface area contributed by atoms with E-state index >= 15 is 0 Å². The third-order valence-corrected chi connectivity index (χ3v) is 3.39. The highest BCUT2D eigenvalue weighted by atomic mass is 16.4.